The topological polar surface area (TPSA) is 9.23 Å². The number of rotatable bonds is 2. The van der Waals surface area contributed by atoms with Gasteiger partial charge in [-0.3, -0.25) is 0 Å². The molecule has 0 heterocycles. The van der Waals surface area contributed by atoms with Crippen LogP contribution in [-0.2, 0) is 0 Å². The van der Waals surface area contributed by atoms with Gasteiger partial charge < -0.3 is 4.74 Å². The molecule has 72 valence electrons. The Balaban J connectivity index is 3.06. The van der Waals surface area contributed by atoms with Crippen molar-refractivity contribution in [1.29, 1.82) is 0 Å². The third kappa shape index (κ3) is 2.41. The fraction of sp³-hybridized carbons (Fsp3) is 0.400. The predicted molar refractivity (Wildman–Crippen MR) is 46.9 cm³/mol. The number of halogens is 2. The summed E-state index contributed by atoms with van der Waals surface area (Å²) in [5, 5.41) is 0. The monoisotopic (exact) mass is 186 g/mol. The Morgan fingerprint density at radius 2 is 1.62 bits per heavy atom. The summed E-state index contributed by atoms with van der Waals surface area (Å²) in [6.45, 7) is 5.07. The number of benzene rings is 1. The molecule has 0 unspecified atom stereocenters. The van der Waals surface area contributed by atoms with Gasteiger partial charge >= 0.3 is 0 Å². The van der Waals surface area contributed by atoms with Gasteiger partial charge in [-0.1, -0.05) is 0 Å². The number of ether oxygens (including phenoxy) is 1. The average molecular weight is 186 g/mol. The number of aryl methyl sites for hydroxylation is 1. The van der Waals surface area contributed by atoms with Crippen LogP contribution in [0.15, 0.2) is 12.1 Å². The Bertz CT molecular complexity index is 285. The van der Waals surface area contributed by atoms with E-state index in [0.29, 0.717) is 5.56 Å². The molecule has 1 rings (SSSR count). The van der Waals surface area contributed by atoms with Gasteiger partial charge in [0, 0.05) is 0 Å². The van der Waals surface area contributed by atoms with Crippen LogP contribution in [0, 0.1) is 18.6 Å². The minimum absolute atomic E-state index is 0.230. The molecule has 1 aromatic rings. The Morgan fingerprint density at radius 3 is 2.00 bits per heavy atom. The van der Waals surface area contributed by atoms with E-state index in [1.165, 1.54) is 12.1 Å². The first-order chi connectivity index (χ1) is 6.00. The summed E-state index contributed by atoms with van der Waals surface area (Å²) in [6, 6.07) is 2.50. The van der Waals surface area contributed by atoms with Crippen molar-refractivity contribution in [2.45, 2.75) is 26.9 Å². The third-order valence-electron chi connectivity index (χ3n) is 1.50. The van der Waals surface area contributed by atoms with Gasteiger partial charge in [0.15, 0.2) is 17.4 Å². The van der Waals surface area contributed by atoms with E-state index in [1.807, 2.05) is 0 Å². The van der Waals surface area contributed by atoms with Gasteiger partial charge in [-0.15, -0.1) is 0 Å². The molecule has 0 radical (unpaired) electrons. The summed E-state index contributed by atoms with van der Waals surface area (Å²) < 4.78 is 31.2. The van der Waals surface area contributed by atoms with Crippen LogP contribution in [0.2, 0.25) is 0 Å². The minimum Gasteiger partial charge on any atom is -0.485 e. The summed E-state index contributed by atoms with van der Waals surface area (Å²) in [6.07, 6.45) is -0.230. The highest BCUT2D eigenvalue weighted by atomic mass is 19.1. The van der Waals surface area contributed by atoms with E-state index in [4.69, 9.17) is 4.74 Å². The molecule has 0 aliphatic heterocycles. The minimum atomic E-state index is -0.647. The van der Waals surface area contributed by atoms with Crippen LogP contribution < -0.4 is 4.74 Å². The molecule has 0 aliphatic carbocycles. The quantitative estimate of drug-likeness (QED) is 0.689. The Morgan fingerprint density at radius 1 is 1.15 bits per heavy atom. The van der Waals surface area contributed by atoms with E-state index < -0.39 is 11.6 Å². The van der Waals surface area contributed by atoms with E-state index in [1.54, 1.807) is 20.8 Å². The van der Waals surface area contributed by atoms with Crippen molar-refractivity contribution >= 4 is 0 Å². The highest BCUT2D eigenvalue weighted by Crippen LogP contribution is 2.23. The van der Waals surface area contributed by atoms with Crippen LogP contribution in [0.5, 0.6) is 5.75 Å². The lowest BCUT2D eigenvalue weighted by atomic mass is 10.2. The molecule has 3 heteroatoms. The molecular formula is C10H12F2O. The maximum absolute atomic E-state index is 13.1. The van der Waals surface area contributed by atoms with Crippen LogP contribution in [-0.4, -0.2) is 6.10 Å². The molecule has 0 fully saturated rings. The van der Waals surface area contributed by atoms with Crippen molar-refractivity contribution in [3.8, 4) is 5.75 Å². The lowest BCUT2D eigenvalue weighted by Crippen LogP contribution is -2.08. The zero-order valence-corrected chi connectivity index (χ0v) is 7.90. The standard InChI is InChI=1S/C10H12F2O/c1-6(2)13-10-8(11)4-7(3)5-9(10)12/h4-6H,1-3H3. The highest BCUT2D eigenvalue weighted by Gasteiger charge is 2.12. The van der Waals surface area contributed by atoms with Crippen LogP contribution in [0.4, 0.5) is 8.78 Å². The maximum atomic E-state index is 13.1. The number of hydrogen-bond donors (Lipinski definition) is 0. The van der Waals surface area contributed by atoms with E-state index in [9.17, 15) is 8.78 Å². The molecule has 1 aromatic carbocycles. The molecule has 1 nitrogen and oxygen atoms in total. The molecule has 0 aromatic heterocycles. The van der Waals surface area contributed by atoms with Crippen molar-refractivity contribution in [3.05, 3.63) is 29.3 Å². The van der Waals surface area contributed by atoms with Gasteiger partial charge in [-0.05, 0) is 38.5 Å². The Kier molecular flexibility index (Phi) is 2.86. The van der Waals surface area contributed by atoms with Crippen molar-refractivity contribution < 1.29 is 13.5 Å². The first kappa shape index (κ1) is 9.96. The Hall–Kier alpha value is -1.12. The van der Waals surface area contributed by atoms with Crippen LogP contribution >= 0.6 is 0 Å². The fourth-order valence-electron chi connectivity index (χ4n) is 1.03. The van der Waals surface area contributed by atoms with Crippen LogP contribution in [0.3, 0.4) is 0 Å². The summed E-state index contributed by atoms with van der Waals surface area (Å²) in [5.74, 6) is -1.59. The number of hydrogen-bond acceptors (Lipinski definition) is 1. The molecule has 0 atom stereocenters. The lowest BCUT2D eigenvalue weighted by molar-refractivity contribution is 0.219. The molecule has 0 spiro atoms. The molecular weight excluding hydrogens is 174 g/mol. The predicted octanol–water partition coefficient (Wildman–Crippen LogP) is 3.06. The van der Waals surface area contributed by atoms with Gasteiger partial charge in [-0.25, -0.2) is 8.78 Å². The third-order valence-corrected chi connectivity index (χ3v) is 1.50. The molecule has 13 heavy (non-hydrogen) atoms. The van der Waals surface area contributed by atoms with Gasteiger partial charge in [0.25, 0.3) is 0 Å². The van der Waals surface area contributed by atoms with Gasteiger partial charge in [0.05, 0.1) is 6.10 Å². The molecule has 0 amide bonds. The molecule has 0 aliphatic rings. The Labute approximate surface area is 76.3 Å². The van der Waals surface area contributed by atoms with E-state index >= 15 is 0 Å². The summed E-state index contributed by atoms with van der Waals surface area (Å²) in [7, 11) is 0. The van der Waals surface area contributed by atoms with Gasteiger partial charge in [0.1, 0.15) is 0 Å². The second-order valence-corrected chi connectivity index (χ2v) is 3.22. The average Bonchev–Trinajstić information content (AvgIpc) is 1.96. The van der Waals surface area contributed by atoms with Crippen molar-refractivity contribution in [3.63, 3.8) is 0 Å². The summed E-state index contributed by atoms with van der Waals surface area (Å²) in [4.78, 5) is 0. The first-order valence-corrected chi connectivity index (χ1v) is 4.13. The zero-order valence-electron chi connectivity index (χ0n) is 7.90. The molecule has 0 saturated heterocycles. The van der Waals surface area contributed by atoms with Gasteiger partial charge in [-0.2, -0.15) is 0 Å². The van der Waals surface area contributed by atoms with Crippen LogP contribution in [0.1, 0.15) is 19.4 Å². The smallest absolute Gasteiger partial charge is 0.191 e. The lowest BCUT2D eigenvalue weighted by Gasteiger charge is -2.11. The maximum Gasteiger partial charge on any atom is 0.191 e. The zero-order chi connectivity index (χ0) is 10.0. The first-order valence-electron chi connectivity index (χ1n) is 4.13. The second-order valence-electron chi connectivity index (χ2n) is 3.22. The molecule has 0 bridgehead atoms. The summed E-state index contributed by atoms with van der Waals surface area (Å²) in [5.41, 5.74) is 0.547. The molecule has 0 saturated carbocycles. The molecule has 0 N–H and O–H groups in total. The highest BCUT2D eigenvalue weighted by molar-refractivity contribution is 5.30. The fourth-order valence-corrected chi connectivity index (χ4v) is 1.03. The second kappa shape index (κ2) is 3.73. The van der Waals surface area contributed by atoms with E-state index in [-0.39, 0.29) is 11.9 Å². The normalized spacial score (nSPS) is 10.6. The van der Waals surface area contributed by atoms with Crippen molar-refractivity contribution in [2.75, 3.05) is 0 Å². The summed E-state index contributed by atoms with van der Waals surface area (Å²) >= 11 is 0. The SMILES string of the molecule is Cc1cc(F)c(OC(C)C)c(F)c1. The van der Waals surface area contributed by atoms with Crippen molar-refractivity contribution in [2.24, 2.45) is 0 Å². The van der Waals surface area contributed by atoms with E-state index in [0.717, 1.165) is 0 Å². The van der Waals surface area contributed by atoms with E-state index in [2.05, 4.69) is 0 Å². The largest absolute Gasteiger partial charge is 0.485 e. The van der Waals surface area contributed by atoms with Crippen LogP contribution in [0.25, 0.3) is 0 Å². The van der Waals surface area contributed by atoms with Gasteiger partial charge in [0.2, 0.25) is 0 Å². The van der Waals surface area contributed by atoms with Crippen molar-refractivity contribution in [1.82, 2.24) is 0 Å².